The lowest BCUT2D eigenvalue weighted by molar-refractivity contribution is -0.265. The summed E-state index contributed by atoms with van der Waals surface area (Å²) in [6, 6.07) is -0.863. The average molecular weight is 428 g/mol. The number of nitrogens with zero attached hydrogens (tertiary/aromatic N) is 1. The molecule has 11 nitrogen and oxygen atoms in total. The summed E-state index contributed by atoms with van der Waals surface area (Å²) < 4.78 is 21.8. The maximum atomic E-state index is 13.1. The molecule has 1 saturated heterocycles. The van der Waals surface area contributed by atoms with Crippen molar-refractivity contribution in [3.8, 4) is 0 Å². The lowest BCUT2D eigenvalue weighted by Gasteiger charge is -2.48. The predicted octanol–water partition coefficient (Wildman–Crippen LogP) is 0.410. The SMILES string of the molecule is COC1C(OC(C)=O)C(OC(N)=O)C(C)OC1N1C(=O)C(C(C)=O)=C(O)C1C(C)C. The second kappa shape index (κ2) is 9.00. The molecular formula is C19H28N2O9. The van der Waals surface area contributed by atoms with Crippen LogP contribution in [-0.2, 0) is 33.3 Å². The van der Waals surface area contributed by atoms with Gasteiger partial charge in [-0.15, -0.1) is 0 Å². The van der Waals surface area contributed by atoms with Gasteiger partial charge in [0.15, 0.2) is 24.2 Å². The first-order valence-corrected chi connectivity index (χ1v) is 9.50. The van der Waals surface area contributed by atoms with E-state index in [9.17, 15) is 24.3 Å². The number of primary amides is 1. The van der Waals surface area contributed by atoms with Gasteiger partial charge in [-0.3, -0.25) is 19.3 Å². The van der Waals surface area contributed by atoms with E-state index in [1.54, 1.807) is 20.8 Å². The molecule has 2 amide bonds. The van der Waals surface area contributed by atoms with Gasteiger partial charge in [-0.05, 0) is 19.8 Å². The van der Waals surface area contributed by atoms with Crippen LogP contribution < -0.4 is 5.73 Å². The van der Waals surface area contributed by atoms with Gasteiger partial charge in [-0.25, -0.2) is 4.79 Å². The van der Waals surface area contributed by atoms with Crippen molar-refractivity contribution in [2.24, 2.45) is 11.7 Å². The Balaban J connectivity index is 2.51. The van der Waals surface area contributed by atoms with Crippen LogP contribution in [0.2, 0.25) is 0 Å². The highest BCUT2D eigenvalue weighted by Gasteiger charge is 2.56. The monoisotopic (exact) mass is 428 g/mol. The number of aliphatic hydroxyl groups excluding tert-OH is 1. The molecule has 2 rings (SSSR count). The van der Waals surface area contributed by atoms with E-state index in [0.717, 1.165) is 0 Å². The highest BCUT2D eigenvalue weighted by Crippen LogP contribution is 2.37. The summed E-state index contributed by atoms with van der Waals surface area (Å²) in [6.07, 6.45) is -6.46. The van der Waals surface area contributed by atoms with Gasteiger partial charge in [0, 0.05) is 14.0 Å². The van der Waals surface area contributed by atoms with E-state index >= 15 is 0 Å². The van der Waals surface area contributed by atoms with Gasteiger partial charge in [0.1, 0.15) is 17.4 Å². The molecule has 168 valence electrons. The lowest BCUT2D eigenvalue weighted by Crippen LogP contribution is -2.66. The van der Waals surface area contributed by atoms with Crippen molar-refractivity contribution in [1.82, 2.24) is 4.90 Å². The van der Waals surface area contributed by atoms with Crippen molar-refractivity contribution in [1.29, 1.82) is 0 Å². The zero-order valence-electron chi connectivity index (χ0n) is 17.8. The molecule has 1 fully saturated rings. The maximum Gasteiger partial charge on any atom is 0.405 e. The fourth-order valence-corrected chi connectivity index (χ4v) is 3.97. The Bertz CT molecular complexity index is 763. The van der Waals surface area contributed by atoms with Crippen molar-refractivity contribution in [3.63, 3.8) is 0 Å². The molecule has 0 aromatic carbocycles. The number of nitrogens with two attached hydrogens (primary N) is 1. The van der Waals surface area contributed by atoms with Crippen LogP contribution in [-0.4, -0.2) is 77.6 Å². The van der Waals surface area contributed by atoms with Crippen molar-refractivity contribution < 1.29 is 43.2 Å². The number of Topliss-reactive ketones (excluding diaryl/α,β-unsaturated/α-hetero) is 1. The minimum atomic E-state index is -1.15. The highest BCUT2D eigenvalue weighted by atomic mass is 16.6. The van der Waals surface area contributed by atoms with Gasteiger partial charge in [-0.2, -0.15) is 0 Å². The molecule has 2 heterocycles. The van der Waals surface area contributed by atoms with E-state index in [-0.39, 0.29) is 17.3 Å². The molecular weight excluding hydrogens is 400 g/mol. The van der Waals surface area contributed by atoms with Crippen LogP contribution in [0.3, 0.4) is 0 Å². The summed E-state index contributed by atoms with van der Waals surface area (Å²) in [4.78, 5) is 49.3. The minimum Gasteiger partial charge on any atom is -0.509 e. The molecule has 30 heavy (non-hydrogen) atoms. The normalized spacial score (nSPS) is 31.8. The van der Waals surface area contributed by atoms with Crippen molar-refractivity contribution in [2.75, 3.05) is 7.11 Å². The molecule has 2 aliphatic heterocycles. The number of rotatable bonds is 6. The molecule has 0 radical (unpaired) electrons. The molecule has 0 spiro atoms. The fourth-order valence-electron chi connectivity index (χ4n) is 3.97. The second-order valence-corrected chi connectivity index (χ2v) is 7.63. The van der Waals surface area contributed by atoms with E-state index in [1.807, 2.05) is 0 Å². The zero-order chi connectivity index (χ0) is 22.9. The number of hydrogen-bond donors (Lipinski definition) is 2. The molecule has 0 bridgehead atoms. The molecule has 0 aromatic rings. The smallest absolute Gasteiger partial charge is 0.405 e. The Kier molecular flexibility index (Phi) is 7.09. The van der Waals surface area contributed by atoms with Crippen molar-refractivity contribution >= 4 is 23.8 Å². The van der Waals surface area contributed by atoms with E-state index in [0.29, 0.717) is 0 Å². The first-order valence-electron chi connectivity index (χ1n) is 9.50. The van der Waals surface area contributed by atoms with Gasteiger partial charge in [-0.1, -0.05) is 13.8 Å². The number of carbonyl (C=O) groups excluding carboxylic acids is 4. The Morgan fingerprint density at radius 2 is 1.73 bits per heavy atom. The molecule has 11 heteroatoms. The van der Waals surface area contributed by atoms with Crippen molar-refractivity contribution in [2.45, 2.75) is 71.3 Å². The Labute approximate surface area is 174 Å². The quantitative estimate of drug-likeness (QED) is 0.452. The van der Waals surface area contributed by atoms with Crippen LogP contribution in [0.5, 0.6) is 0 Å². The predicted molar refractivity (Wildman–Crippen MR) is 101 cm³/mol. The fraction of sp³-hybridized carbons (Fsp3) is 0.684. The van der Waals surface area contributed by atoms with Gasteiger partial charge >= 0.3 is 12.1 Å². The zero-order valence-corrected chi connectivity index (χ0v) is 17.8. The van der Waals surface area contributed by atoms with Gasteiger partial charge in [0.05, 0.1) is 12.1 Å². The first-order chi connectivity index (χ1) is 13.9. The Hall–Kier alpha value is -2.66. The third-order valence-corrected chi connectivity index (χ3v) is 5.11. The summed E-state index contributed by atoms with van der Waals surface area (Å²) in [7, 11) is 1.30. The highest BCUT2D eigenvalue weighted by molar-refractivity contribution is 6.20. The summed E-state index contributed by atoms with van der Waals surface area (Å²) >= 11 is 0. The Morgan fingerprint density at radius 1 is 1.13 bits per heavy atom. The third kappa shape index (κ3) is 4.26. The Morgan fingerprint density at radius 3 is 2.17 bits per heavy atom. The van der Waals surface area contributed by atoms with Gasteiger partial charge < -0.3 is 29.8 Å². The number of aliphatic hydroxyl groups is 1. The molecule has 0 saturated carbocycles. The van der Waals surface area contributed by atoms with E-state index < -0.39 is 60.4 Å². The maximum absolute atomic E-state index is 13.1. The summed E-state index contributed by atoms with van der Waals surface area (Å²) in [5.74, 6) is -2.63. The van der Waals surface area contributed by atoms with Crippen LogP contribution in [0, 0.1) is 5.92 Å². The van der Waals surface area contributed by atoms with Crippen LogP contribution in [0.25, 0.3) is 0 Å². The van der Waals surface area contributed by atoms with E-state index in [4.69, 9.17) is 24.7 Å². The molecule has 2 aliphatic rings. The summed E-state index contributed by atoms with van der Waals surface area (Å²) in [6.45, 7) is 7.43. The average Bonchev–Trinajstić information content (AvgIpc) is 2.87. The molecule has 6 atom stereocenters. The second-order valence-electron chi connectivity index (χ2n) is 7.63. The number of amides is 2. The number of hydrogen-bond acceptors (Lipinski definition) is 9. The molecule has 0 aliphatic carbocycles. The van der Waals surface area contributed by atoms with Crippen LogP contribution in [0.4, 0.5) is 4.79 Å². The first kappa shape index (κ1) is 23.6. The van der Waals surface area contributed by atoms with E-state index in [2.05, 4.69) is 0 Å². The minimum absolute atomic E-state index is 0.283. The topological polar surface area (TPSA) is 155 Å². The van der Waals surface area contributed by atoms with Gasteiger partial charge in [0.2, 0.25) is 0 Å². The van der Waals surface area contributed by atoms with Crippen LogP contribution in [0.15, 0.2) is 11.3 Å². The number of carbonyl (C=O) groups is 4. The summed E-state index contributed by atoms with van der Waals surface area (Å²) in [5, 5.41) is 10.6. The van der Waals surface area contributed by atoms with Crippen LogP contribution in [0.1, 0.15) is 34.6 Å². The largest absolute Gasteiger partial charge is 0.509 e. The standard InChI is InChI=1S/C19H28N2O9/c1-7(2)12-13(24)11(8(3)22)17(25)21(12)18-16(27-6)15(29-10(5)23)14(9(4)28-18)30-19(20)26/h7,9,12,14-16,18,24H,1-6H3,(H2,20,26). The number of esters is 1. The van der Waals surface area contributed by atoms with Gasteiger partial charge in [0.25, 0.3) is 5.91 Å². The third-order valence-electron chi connectivity index (χ3n) is 5.11. The molecule has 3 N–H and O–H groups in total. The van der Waals surface area contributed by atoms with Crippen molar-refractivity contribution in [3.05, 3.63) is 11.3 Å². The number of ether oxygens (including phenoxy) is 4. The number of ketones is 1. The molecule has 0 aromatic heterocycles. The van der Waals surface area contributed by atoms with E-state index in [1.165, 1.54) is 25.9 Å². The summed E-state index contributed by atoms with van der Waals surface area (Å²) in [5.41, 5.74) is 4.80. The lowest BCUT2D eigenvalue weighted by atomic mass is 9.95. The molecule has 6 unspecified atom stereocenters. The van der Waals surface area contributed by atoms with Crippen LogP contribution >= 0.6 is 0 Å². The number of methoxy groups -OCH3 is 1.